The fraction of sp³-hybridized carbons (Fsp3) is 0.294. The highest BCUT2D eigenvalue weighted by Gasteiger charge is 2.07. The molecule has 0 radical (unpaired) electrons. The number of imidazole rings is 1. The maximum atomic E-state index is 4.66. The summed E-state index contributed by atoms with van der Waals surface area (Å²) in [5.41, 5.74) is 4.06. The lowest BCUT2D eigenvalue weighted by atomic mass is 10.1. The van der Waals surface area contributed by atoms with Crippen molar-refractivity contribution < 1.29 is 0 Å². The minimum absolute atomic E-state index is 0.872. The molecule has 0 unspecified atom stereocenters. The summed E-state index contributed by atoms with van der Waals surface area (Å²) in [7, 11) is 0. The Morgan fingerprint density at radius 2 is 1.76 bits per heavy atom. The van der Waals surface area contributed by atoms with E-state index in [2.05, 4.69) is 41.0 Å². The Bertz CT molecular complexity index is 714. The van der Waals surface area contributed by atoms with Gasteiger partial charge in [-0.15, -0.1) is 0 Å². The molecule has 0 aliphatic heterocycles. The molecule has 3 aromatic rings. The lowest BCUT2D eigenvalue weighted by Gasteiger charge is -2.15. The molecule has 0 amide bonds. The summed E-state index contributed by atoms with van der Waals surface area (Å²) in [5.74, 6) is 0. The molecule has 0 atom stereocenters. The number of hydrogen-bond acceptors (Lipinski definition) is 3. The number of nitrogens with zero attached hydrogens (tertiary/aromatic N) is 4. The zero-order valence-electron chi connectivity index (χ0n) is 12.5. The fourth-order valence-corrected chi connectivity index (χ4v) is 2.45. The topological polar surface area (TPSA) is 33.4 Å². The van der Waals surface area contributed by atoms with E-state index in [9.17, 15) is 0 Å². The Labute approximate surface area is 125 Å². The van der Waals surface area contributed by atoms with Crippen molar-refractivity contribution in [3.05, 3.63) is 54.4 Å². The molecule has 0 N–H and O–H groups in total. The smallest absolute Gasteiger partial charge is 0.153 e. The third-order valence-electron chi connectivity index (χ3n) is 3.72. The highest BCUT2D eigenvalue weighted by molar-refractivity contribution is 5.60. The first-order valence-electron chi connectivity index (χ1n) is 7.43. The van der Waals surface area contributed by atoms with E-state index >= 15 is 0 Å². The molecule has 21 heavy (non-hydrogen) atoms. The zero-order valence-corrected chi connectivity index (χ0v) is 12.5. The van der Waals surface area contributed by atoms with Gasteiger partial charge < -0.3 is 0 Å². The van der Waals surface area contributed by atoms with Gasteiger partial charge >= 0.3 is 0 Å². The van der Waals surface area contributed by atoms with E-state index in [1.54, 1.807) is 0 Å². The van der Waals surface area contributed by atoms with Crippen LogP contribution in [0.15, 0.2) is 48.7 Å². The van der Waals surface area contributed by atoms with Crippen molar-refractivity contribution in [2.75, 3.05) is 13.1 Å². The van der Waals surface area contributed by atoms with Gasteiger partial charge in [-0.3, -0.25) is 4.90 Å². The average molecular weight is 280 g/mol. The second kappa shape index (κ2) is 6.06. The van der Waals surface area contributed by atoms with E-state index in [0.717, 1.165) is 42.2 Å². The van der Waals surface area contributed by atoms with Crippen LogP contribution in [0, 0.1) is 0 Å². The molecular formula is C17H20N4. The van der Waals surface area contributed by atoms with E-state index in [1.807, 2.05) is 41.0 Å². The van der Waals surface area contributed by atoms with Gasteiger partial charge in [0.1, 0.15) is 0 Å². The van der Waals surface area contributed by atoms with Crippen LogP contribution in [0.3, 0.4) is 0 Å². The molecule has 108 valence electrons. The highest BCUT2D eigenvalue weighted by Crippen LogP contribution is 2.17. The molecule has 0 aliphatic carbocycles. The molecule has 2 heterocycles. The Hall–Kier alpha value is -2.20. The van der Waals surface area contributed by atoms with E-state index in [1.165, 1.54) is 0 Å². The molecule has 4 nitrogen and oxygen atoms in total. The Kier molecular flexibility index (Phi) is 3.97. The van der Waals surface area contributed by atoms with Gasteiger partial charge in [-0.2, -0.15) is 5.10 Å². The fourth-order valence-electron chi connectivity index (χ4n) is 2.45. The Balaban J connectivity index is 1.92. The molecule has 0 spiro atoms. The van der Waals surface area contributed by atoms with Crippen molar-refractivity contribution in [3.8, 4) is 11.3 Å². The van der Waals surface area contributed by atoms with Crippen molar-refractivity contribution in [2.45, 2.75) is 20.4 Å². The maximum Gasteiger partial charge on any atom is 0.153 e. The van der Waals surface area contributed by atoms with Gasteiger partial charge in [0, 0.05) is 12.1 Å². The van der Waals surface area contributed by atoms with Gasteiger partial charge in [-0.1, -0.05) is 44.2 Å². The van der Waals surface area contributed by atoms with Crippen LogP contribution in [0.5, 0.6) is 0 Å². The zero-order chi connectivity index (χ0) is 14.7. The number of fused-ring (bicyclic) bond motifs is 1. The summed E-state index contributed by atoms with van der Waals surface area (Å²) in [6.45, 7) is 7.28. The van der Waals surface area contributed by atoms with Crippen LogP contribution in [0.1, 0.15) is 19.5 Å². The third-order valence-corrected chi connectivity index (χ3v) is 3.72. The van der Waals surface area contributed by atoms with Crippen molar-refractivity contribution in [1.82, 2.24) is 19.5 Å². The van der Waals surface area contributed by atoms with Crippen molar-refractivity contribution >= 4 is 5.65 Å². The predicted molar refractivity (Wildman–Crippen MR) is 85.0 cm³/mol. The molecule has 4 heteroatoms. The largest absolute Gasteiger partial charge is 0.298 e. The standard InChI is InChI=1S/C17H20N4/c1-3-20(4-2)12-15-13-21-17(18-15)11-10-16(19-21)14-8-6-5-7-9-14/h5-11,13H,3-4,12H2,1-2H3. The van der Waals surface area contributed by atoms with Gasteiger partial charge in [0.2, 0.25) is 0 Å². The summed E-state index contributed by atoms with van der Waals surface area (Å²) in [6, 6.07) is 14.3. The van der Waals surface area contributed by atoms with E-state index in [0.29, 0.717) is 0 Å². The van der Waals surface area contributed by atoms with Gasteiger partial charge in [-0.25, -0.2) is 9.50 Å². The molecule has 0 saturated heterocycles. The van der Waals surface area contributed by atoms with Gasteiger partial charge in [-0.05, 0) is 25.2 Å². The Morgan fingerprint density at radius 1 is 1.00 bits per heavy atom. The molecule has 3 rings (SSSR count). The maximum absolute atomic E-state index is 4.66. The SMILES string of the molecule is CCN(CC)Cc1cn2nc(-c3ccccc3)ccc2n1. The lowest BCUT2D eigenvalue weighted by Crippen LogP contribution is -2.22. The molecule has 0 aliphatic rings. The molecule has 0 bridgehead atoms. The Morgan fingerprint density at radius 3 is 2.48 bits per heavy atom. The summed E-state index contributed by atoms with van der Waals surface area (Å²) >= 11 is 0. The van der Waals surface area contributed by atoms with Crippen LogP contribution in [0.25, 0.3) is 16.9 Å². The quantitative estimate of drug-likeness (QED) is 0.719. The molecular weight excluding hydrogens is 260 g/mol. The molecule has 1 aromatic carbocycles. The number of aromatic nitrogens is 3. The van der Waals surface area contributed by atoms with Crippen LogP contribution in [0.2, 0.25) is 0 Å². The van der Waals surface area contributed by atoms with E-state index < -0.39 is 0 Å². The monoisotopic (exact) mass is 280 g/mol. The first kappa shape index (κ1) is 13.8. The van der Waals surface area contributed by atoms with Crippen LogP contribution >= 0.6 is 0 Å². The summed E-state index contributed by atoms with van der Waals surface area (Å²) < 4.78 is 1.88. The van der Waals surface area contributed by atoms with Crippen LogP contribution in [-0.2, 0) is 6.54 Å². The highest BCUT2D eigenvalue weighted by atomic mass is 15.3. The lowest BCUT2D eigenvalue weighted by molar-refractivity contribution is 0.293. The van der Waals surface area contributed by atoms with E-state index in [4.69, 9.17) is 0 Å². The van der Waals surface area contributed by atoms with Gasteiger partial charge in [0.25, 0.3) is 0 Å². The number of hydrogen-bond donors (Lipinski definition) is 0. The van der Waals surface area contributed by atoms with Crippen LogP contribution in [-0.4, -0.2) is 32.6 Å². The molecule has 0 fully saturated rings. The average Bonchev–Trinajstić information content (AvgIpc) is 2.94. The summed E-state index contributed by atoms with van der Waals surface area (Å²) in [5, 5.41) is 4.66. The second-order valence-electron chi connectivity index (χ2n) is 5.08. The van der Waals surface area contributed by atoms with Crippen molar-refractivity contribution in [1.29, 1.82) is 0 Å². The van der Waals surface area contributed by atoms with Gasteiger partial charge in [0.05, 0.1) is 17.6 Å². The minimum Gasteiger partial charge on any atom is -0.298 e. The third kappa shape index (κ3) is 2.95. The normalized spacial score (nSPS) is 11.4. The van der Waals surface area contributed by atoms with Crippen molar-refractivity contribution in [2.24, 2.45) is 0 Å². The minimum atomic E-state index is 0.872. The van der Waals surface area contributed by atoms with Crippen LogP contribution in [0.4, 0.5) is 0 Å². The van der Waals surface area contributed by atoms with Crippen molar-refractivity contribution in [3.63, 3.8) is 0 Å². The van der Waals surface area contributed by atoms with Gasteiger partial charge in [0.15, 0.2) is 5.65 Å². The predicted octanol–water partition coefficient (Wildman–Crippen LogP) is 3.24. The summed E-state index contributed by atoms with van der Waals surface area (Å²) in [4.78, 5) is 6.99. The summed E-state index contributed by atoms with van der Waals surface area (Å²) in [6.07, 6.45) is 2.03. The molecule has 2 aromatic heterocycles. The van der Waals surface area contributed by atoms with E-state index in [-0.39, 0.29) is 0 Å². The second-order valence-corrected chi connectivity index (χ2v) is 5.08. The molecule has 0 saturated carbocycles. The first-order chi connectivity index (χ1) is 10.3. The number of benzene rings is 1. The number of rotatable bonds is 5. The first-order valence-corrected chi connectivity index (χ1v) is 7.43. The van der Waals surface area contributed by atoms with Crippen LogP contribution < -0.4 is 0 Å².